The molecule has 22 valence electrons. The van der Waals surface area contributed by atoms with Crippen molar-refractivity contribution in [2.24, 2.45) is 0 Å². The zero-order chi connectivity index (χ0) is 0. The van der Waals surface area contributed by atoms with Crippen LogP contribution in [0.1, 0.15) is 1.43 Å². The molecule has 2 radical (unpaired) electrons. The third-order valence-electron chi connectivity index (χ3n) is 0. The summed E-state index contributed by atoms with van der Waals surface area (Å²) in [6.07, 6.45) is 0. The van der Waals surface area contributed by atoms with Crippen molar-refractivity contribution in [3.63, 3.8) is 0 Å². The molecule has 0 aromatic carbocycles. The van der Waals surface area contributed by atoms with Gasteiger partial charge in [0.1, 0.15) is 0 Å². The van der Waals surface area contributed by atoms with Crippen molar-refractivity contribution in [3.8, 4) is 0 Å². The maximum absolute atomic E-state index is 0. The molecule has 0 aromatic rings. The topological polar surface area (TPSA) is 0 Å². The average molecular weight is 235 g/mol. The van der Waals surface area contributed by atoms with E-state index < -0.39 is 0 Å². The van der Waals surface area contributed by atoms with E-state index in [0.29, 0.717) is 0 Å². The van der Waals surface area contributed by atoms with E-state index in [9.17, 15) is 0 Å². The van der Waals surface area contributed by atoms with Crippen LogP contribution in [-0.4, -0.2) is 11.0 Å². The van der Waals surface area contributed by atoms with Gasteiger partial charge in [-0.3, -0.25) is 0 Å². The van der Waals surface area contributed by atoms with Crippen LogP contribution in [0, 0.1) is 7.43 Å². The second kappa shape index (κ2) is 23.8. The van der Waals surface area contributed by atoms with E-state index in [1.165, 1.54) is 0 Å². The molecule has 0 N–H and O–H groups in total. The first-order valence-corrected chi connectivity index (χ1v) is 0. The van der Waals surface area contributed by atoms with Gasteiger partial charge in [0.2, 0.25) is 0 Å². The summed E-state index contributed by atoms with van der Waals surface area (Å²) in [6.45, 7) is 0. The molecule has 0 saturated carbocycles. The van der Waals surface area contributed by atoms with E-state index in [1.807, 2.05) is 0 Å². The molecule has 0 atom stereocenters. The van der Waals surface area contributed by atoms with Crippen LogP contribution in [0.4, 0.5) is 0 Å². The fourth-order valence-electron chi connectivity index (χ4n) is 0. The van der Waals surface area contributed by atoms with Crippen molar-refractivity contribution in [3.05, 3.63) is 7.43 Å². The molecule has 0 aliphatic rings. The van der Waals surface area contributed by atoms with Crippen LogP contribution in [0.2, 0.25) is 0 Å². The van der Waals surface area contributed by atoms with Gasteiger partial charge >= 0.3 is 18.9 Å². The smallest absolute Gasteiger partial charge is 1.00 e. The van der Waals surface area contributed by atoms with Gasteiger partial charge in [-0.2, -0.15) is 0 Å². The van der Waals surface area contributed by atoms with Crippen LogP contribution >= 0.6 is 0 Å². The van der Waals surface area contributed by atoms with Gasteiger partial charge in [0.25, 0.3) is 0 Å². The molecule has 0 rings (SSSR count). The second-order valence-corrected chi connectivity index (χ2v) is 0. The molecule has 3 heteroatoms. The first-order chi connectivity index (χ1) is 0. The van der Waals surface area contributed by atoms with E-state index >= 15 is 0 Å². The van der Waals surface area contributed by atoms with E-state index in [1.54, 1.807) is 0 Å². The molecule has 0 aliphatic heterocycles. The minimum absolute atomic E-state index is 0. The van der Waals surface area contributed by atoms with Crippen molar-refractivity contribution in [2.75, 3.05) is 0 Å². The number of hydrogen-bond donors (Lipinski definition) is 0. The minimum Gasteiger partial charge on any atom is -1.00 e. The average Bonchev–Trinajstić information content (AvgIpc) is 0. The molecular formula is CH7LiSiTa-. The Morgan fingerprint density at radius 1 is 1.25 bits per heavy atom. The largest absolute Gasteiger partial charge is 1.00 e. The molecule has 0 nitrogen and oxygen atoms in total. The zero-order valence-electron chi connectivity index (χ0n) is 4.45. The predicted molar refractivity (Wildman–Crippen MR) is 17.5 cm³/mol. The Labute approximate surface area is 60.9 Å². The van der Waals surface area contributed by atoms with Crippen molar-refractivity contribution in [2.45, 2.75) is 0 Å². The third kappa shape index (κ3) is 9.60. The van der Waals surface area contributed by atoms with Crippen molar-refractivity contribution in [1.82, 2.24) is 0 Å². The molecule has 0 heterocycles. The number of rotatable bonds is 0. The van der Waals surface area contributed by atoms with Gasteiger partial charge in [-0.25, -0.2) is 0 Å². The Morgan fingerprint density at radius 2 is 1.25 bits per heavy atom. The second-order valence-electron chi connectivity index (χ2n) is 0. The van der Waals surface area contributed by atoms with Gasteiger partial charge in [0.05, 0.1) is 0 Å². The fraction of sp³-hybridized carbons (Fsp3) is 0. The zero-order valence-corrected chi connectivity index (χ0v) is 8.66. The number of hydrogen-bond acceptors (Lipinski definition) is 0. The maximum Gasteiger partial charge on any atom is 1.00 e. The van der Waals surface area contributed by atoms with Crippen LogP contribution in [-0.2, 0) is 22.4 Å². The quantitative estimate of drug-likeness (QED) is 0.300. The van der Waals surface area contributed by atoms with Crippen molar-refractivity contribution in [1.29, 1.82) is 0 Å². The minimum atomic E-state index is 0. The summed E-state index contributed by atoms with van der Waals surface area (Å²) in [7, 11) is 0. The monoisotopic (exact) mass is 235 g/mol. The summed E-state index contributed by atoms with van der Waals surface area (Å²) in [5.74, 6) is 0. The predicted octanol–water partition coefficient (Wildman–Crippen LogP) is -3.62. The molecule has 0 aromatic heterocycles. The SMILES string of the molecule is [CH3-].[H-].[Li+].[SiH3].[Ta]. The first kappa shape index (κ1) is 47.7. The Hall–Kier alpha value is 1.55. The summed E-state index contributed by atoms with van der Waals surface area (Å²) in [5.41, 5.74) is 0. The Morgan fingerprint density at radius 3 is 1.25 bits per heavy atom. The van der Waals surface area contributed by atoms with Crippen LogP contribution in [0.25, 0.3) is 0 Å². The summed E-state index contributed by atoms with van der Waals surface area (Å²) in [4.78, 5) is 0. The summed E-state index contributed by atoms with van der Waals surface area (Å²) >= 11 is 0. The van der Waals surface area contributed by atoms with Crippen LogP contribution in [0.5, 0.6) is 0 Å². The van der Waals surface area contributed by atoms with E-state index in [2.05, 4.69) is 0 Å². The Balaban J connectivity index is 0. The van der Waals surface area contributed by atoms with Gasteiger partial charge in [-0.1, -0.05) is 0 Å². The van der Waals surface area contributed by atoms with Crippen molar-refractivity contribution < 1.29 is 42.7 Å². The van der Waals surface area contributed by atoms with E-state index in [4.69, 9.17) is 0 Å². The molecule has 0 amide bonds. The summed E-state index contributed by atoms with van der Waals surface area (Å²) < 4.78 is 0. The van der Waals surface area contributed by atoms with Crippen LogP contribution in [0.15, 0.2) is 0 Å². The van der Waals surface area contributed by atoms with Gasteiger partial charge < -0.3 is 8.85 Å². The van der Waals surface area contributed by atoms with Gasteiger partial charge in [-0.05, 0) is 11.0 Å². The molecule has 0 fully saturated rings. The Bertz CT molecular complexity index is 11.6. The molecule has 0 bridgehead atoms. The summed E-state index contributed by atoms with van der Waals surface area (Å²) in [5, 5.41) is 0. The maximum atomic E-state index is 0. The molecular weight excluding hydrogens is 228 g/mol. The van der Waals surface area contributed by atoms with E-state index in [-0.39, 0.29) is 61.1 Å². The van der Waals surface area contributed by atoms with Crippen molar-refractivity contribution >= 4 is 11.0 Å². The van der Waals surface area contributed by atoms with E-state index in [0.717, 1.165) is 0 Å². The fourth-order valence-corrected chi connectivity index (χ4v) is 0. The first-order valence-electron chi connectivity index (χ1n) is 0. The normalized spacial score (nSPS) is 0. The van der Waals surface area contributed by atoms with Crippen LogP contribution in [0.3, 0.4) is 0 Å². The molecule has 4 heavy (non-hydrogen) atoms. The van der Waals surface area contributed by atoms with Gasteiger partial charge in [-0.15, -0.1) is 0 Å². The molecule has 0 unspecified atom stereocenters. The van der Waals surface area contributed by atoms with Crippen LogP contribution < -0.4 is 18.9 Å². The van der Waals surface area contributed by atoms with Gasteiger partial charge in [0, 0.05) is 22.4 Å². The molecule has 0 saturated heterocycles. The summed E-state index contributed by atoms with van der Waals surface area (Å²) in [6, 6.07) is 0. The van der Waals surface area contributed by atoms with Gasteiger partial charge in [0.15, 0.2) is 0 Å². The molecule has 0 aliphatic carbocycles. The molecule has 0 spiro atoms. The third-order valence-corrected chi connectivity index (χ3v) is 0. The standard InChI is InChI=1S/CH3.Li.H3Si.Ta.H/h1H3;;1H3;;/q-1;+1;;;-1. The Kier molecular flexibility index (Phi) is 284.